The van der Waals surface area contributed by atoms with E-state index in [4.69, 9.17) is 46.4 Å². The van der Waals surface area contributed by atoms with Gasteiger partial charge in [-0.25, -0.2) is 0 Å². The summed E-state index contributed by atoms with van der Waals surface area (Å²) in [5.74, 6) is 0. The first-order chi connectivity index (χ1) is 12.4. The molecule has 0 spiro atoms. The van der Waals surface area contributed by atoms with Gasteiger partial charge in [0.1, 0.15) is 0 Å². The van der Waals surface area contributed by atoms with E-state index in [0.717, 1.165) is 11.1 Å². The molecule has 0 amide bonds. The maximum atomic E-state index is 6.20. The molecule has 0 heterocycles. The highest BCUT2D eigenvalue weighted by Gasteiger charge is 2.11. The van der Waals surface area contributed by atoms with Crippen molar-refractivity contribution < 1.29 is 0 Å². The molecule has 8 heteroatoms. The third kappa shape index (κ3) is 6.99. The van der Waals surface area contributed by atoms with Crippen LogP contribution in [0, 0.1) is 0 Å². The number of hydrogen-bond acceptors (Lipinski definition) is 4. The van der Waals surface area contributed by atoms with Gasteiger partial charge in [-0.3, -0.25) is 0 Å². The highest BCUT2D eigenvalue weighted by Crippen LogP contribution is 2.31. The van der Waals surface area contributed by atoms with Crippen LogP contribution in [0.25, 0.3) is 0 Å². The van der Waals surface area contributed by atoms with E-state index in [0.29, 0.717) is 33.2 Å². The zero-order valence-electron chi connectivity index (χ0n) is 14.4. The van der Waals surface area contributed by atoms with Gasteiger partial charge in [-0.15, -0.1) is 0 Å². The highest BCUT2D eigenvalue weighted by molar-refractivity contribution is 8.77. The Bertz CT molecular complexity index is 628. The summed E-state index contributed by atoms with van der Waals surface area (Å²) in [6.45, 7) is 5.48. The number of benzene rings is 2. The second kappa shape index (κ2) is 11.3. The molecule has 2 N–H and O–H groups in total. The molecule has 26 heavy (non-hydrogen) atoms. The summed E-state index contributed by atoms with van der Waals surface area (Å²) < 4.78 is 0. The molecule has 2 atom stereocenters. The maximum Gasteiger partial charge on any atom is 0.0611 e. The Labute approximate surface area is 183 Å². The molecule has 0 aliphatic carbocycles. The van der Waals surface area contributed by atoms with Crippen LogP contribution in [0.1, 0.15) is 25.0 Å². The van der Waals surface area contributed by atoms with Gasteiger partial charge in [-0.05, 0) is 38.1 Å². The lowest BCUT2D eigenvalue weighted by molar-refractivity contribution is 0.686. The third-order valence-electron chi connectivity index (χ3n) is 3.60. The van der Waals surface area contributed by atoms with E-state index in [1.807, 2.05) is 36.4 Å². The summed E-state index contributed by atoms with van der Waals surface area (Å²) in [5, 5.41) is 10.1. The SMILES string of the molecule is CC(NCc1c(Cl)cccc1Cl)SSC(C)NCc1c(Cl)cccc1Cl. The largest absolute Gasteiger partial charge is 0.301 e. The smallest absolute Gasteiger partial charge is 0.0611 e. The summed E-state index contributed by atoms with van der Waals surface area (Å²) in [7, 11) is 3.50. The third-order valence-corrected chi connectivity index (χ3v) is 8.10. The molecule has 2 nitrogen and oxygen atoms in total. The average Bonchev–Trinajstić information content (AvgIpc) is 2.59. The predicted molar refractivity (Wildman–Crippen MR) is 121 cm³/mol. The monoisotopic (exact) mass is 468 g/mol. The van der Waals surface area contributed by atoms with Crippen molar-refractivity contribution in [2.24, 2.45) is 0 Å². The number of rotatable bonds is 9. The van der Waals surface area contributed by atoms with Gasteiger partial charge < -0.3 is 10.6 Å². The number of nitrogens with one attached hydrogen (secondary N) is 2. The van der Waals surface area contributed by atoms with Crippen LogP contribution in [-0.4, -0.2) is 10.7 Å². The molecule has 142 valence electrons. The van der Waals surface area contributed by atoms with Gasteiger partial charge in [0.2, 0.25) is 0 Å². The minimum absolute atomic E-state index is 0.237. The van der Waals surface area contributed by atoms with Crippen molar-refractivity contribution in [3.8, 4) is 0 Å². The molecule has 0 radical (unpaired) electrons. The first-order valence-electron chi connectivity index (χ1n) is 8.03. The molecule has 0 aromatic heterocycles. The van der Waals surface area contributed by atoms with E-state index in [9.17, 15) is 0 Å². The van der Waals surface area contributed by atoms with E-state index in [2.05, 4.69) is 24.5 Å². The second-order valence-corrected chi connectivity index (χ2v) is 10.2. The number of hydrogen-bond donors (Lipinski definition) is 2. The molecule has 0 aliphatic heterocycles. The van der Waals surface area contributed by atoms with Gasteiger partial charge in [-0.1, -0.05) is 80.1 Å². The molecular formula is C18H20Cl4N2S2. The Morgan fingerprint density at radius 3 is 1.31 bits per heavy atom. The van der Waals surface area contributed by atoms with Crippen LogP contribution >= 0.6 is 68.0 Å². The first kappa shape index (κ1) is 22.5. The standard InChI is InChI=1S/C18H20Cl4N2S2/c1-11(23-9-13-15(19)5-3-6-16(13)20)25-26-12(2)24-10-14-17(21)7-4-8-18(14)22/h3-8,11-12,23-24H,9-10H2,1-2H3. The summed E-state index contributed by atoms with van der Waals surface area (Å²) in [4.78, 5) is 0. The lowest BCUT2D eigenvalue weighted by Gasteiger charge is -2.18. The Balaban J connectivity index is 1.74. The Morgan fingerprint density at radius 1 is 0.692 bits per heavy atom. The fourth-order valence-electron chi connectivity index (χ4n) is 2.13. The molecular weight excluding hydrogens is 450 g/mol. The molecule has 0 bridgehead atoms. The van der Waals surface area contributed by atoms with Crippen LogP contribution in [0.3, 0.4) is 0 Å². The van der Waals surface area contributed by atoms with Gasteiger partial charge >= 0.3 is 0 Å². The first-order valence-corrected chi connectivity index (χ1v) is 11.8. The Kier molecular flexibility index (Phi) is 9.76. The lowest BCUT2D eigenvalue weighted by atomic mass is 10.2. The van der Waals surface area contributed by atoms with Crippen molar-refractivity contribution in [2.45, 2.75) is 37.7 Å². The van der Waals surface area contributed by atoms with Crippen molar-refractivity contribution in [3.05, 3.63) is 67.6 Å². The van der Waals surface area contributed by atoms with E-state index < -0.39 is 0 Å². The molecule has 2 aromatic rings. The fourth-order valence-corrected chi connectivity index (χ4v) is 5.24. The van der Waals surface area contributed by atoms with Crippen molar-refractivity contribution in [2.75, 3.05) is 0 Å². The average molecular weight is 470 g/mol. The topological polar surface area (TPSA) is 24.1 Å². The summed E-state index contributed by atoms with van der Waals surface area (Å²) in [5.41, 5.74) is 1.85. The molecule has 2 unspecified atom stereocenters. The molecule has 0 saturated heterocycles. The number of halogens is 4. The van der Waals surface area contributed by atoms with Crippen molar-refractivity contribution >= 4 is 68.0 Å². The van der Waals surface area contributed by atoms with Crippen molar-refractivity contribution in [1.29, 1.82) is 0 Å². The summed E-state index contributed by atoms with van der Waals surface area (Å²) >= 11 is 24.8. The van der Waals surface area contributed by atoms with Crippen LogP contribution in [0.15, 0.2) is 36.4 Å². The normalized spacial score (nSPS) is 13.6. The quantitative estimate of drug-likeness (QED) is 0.298. The van der Waals surface area contributed by atoms with Gasteiger partial charge in [0.15, 0.2) is 0 Å². The van der Waals surface area contributed by atoms with Crippen LogP contribution in [-0.2, 0) is 13.1 Å². The van der Waals surface area contributed by atoms with Crippen LogP contribution < -0.4 is 10.6 Å². The highest BCUT2D eigenvalue weighted by atomic mass is 35.5. The minimum atomic E-state index is 0.237. The summed E-state index contributed by atoms with van der Waals surface area (Å²) in [6, 6.07) is 11.1. The Morgan fingerprint density at radius 2 is 1.00 bits per heavy atom. The predicted octanol–water partition coefficient (Wildman–Crippen LogP) is 7.25. The summed E-state index contributed by atoms with van der Waals surface area (Å²) in [6.07, 6.45) is 0. The lowest BCUT2D eigenvalue weighted by Crippen LogP contribution is -2.25. The van der Waals surface area contributed by atoms with Crippen LogP contribution in [0.2, 0.25) is 20.1 Å². The molecule has 0 fully saturated rings. The van der Waals surface area contributed by atoms with E-state index in [1.54, 1.807) is 21.6 Å². The maximum absolute atomic E-state index is 6.20. The zero-order valence-corrected chi connectivity index (χ0v) is 19.0. The molecule has 2 aromatic carbocycles. The fraction of sp³-hybridized carbons (Fsp3) is 0.333. The van der Waals surface area contributed by atoms with E-state index >= 15 is 0 Å². The minimum Gasteiger partial charge on any atom is -0.301 e. The van der Waals surface area contributed by atoms with Crippen LogP contribution in [0.4, 0.5) is 0 Å². The van der Waals surface area contributed by atoms with Gasteiger partial charge in [0.25, 0.3) is 0 Å². The van der Waals surface area contributed by atoms with Gasteiger partial charge in [0.05, 0.1) is 10.7 Å². The Hall–Kier alpha value is 0.220. The molecule has 0 saturated carbocycles. The van der Waals surface area contributed by atoms with Crippen molar-refractivity contribution in [3.63, 3.8) is 0 Å². The van der Waals surface area contributed by atoms with Crippen LogP contribution in [0.5, 0.6) is 0 Å². The van der Waals surface area contributed by atoms with Gasteiger partial charge in [0, 0.05) is 44.3 Å². The zero-order chi connectivity index (χ0) is 19.1. The van der Waals surface area contributed by atoms with Gasteiger partial charge in [-0.2, -0.15) is 0 Å². The van der Waals surface area contributed by atoms with Crippen molar-refractivity contribution in [1.82, 2.24) is 10.6 Å². The van der Waals surface area contributed by atoms with E-state index in [-0.39, 0.29) is 10.7 Å². The second-order valence-electron chi connectivity index (χ2n) is 5.64. The molecule has 0 aliphatic rings. The van der Waals surface area contributed by atoms with E-state index in [1.165, 1.54) is 0 Å². The molecule has 2 rings (SSSR count).